The Bertz CT molecular complexity index is 463. The number of likely N-dealkylation sites (N-methyl/N-ethyl adjacent to an activating group) is 1. The van der Waals surface area contributed by atoms with Crippen molar-refractivity contribution < 1.29 is 4.92 Å². The van der Waals surface area contributed by atoms with Gasteiger partial charge in [-0.05, 0) is 20.0 Å². The Morgan fingerprint density at radius 1 is 1.35 bits per heavy atom. The first-order valence-corrected chi connectivity index (χ1v) is 6.45. The van der Waals surface area contributed by atoms with Crippen molar-refractivity contribution in [3.8, 4) is 0 Å². The zero-order valence-electron chi connectivity index (χ0n) is 12.5. The molecule has 0 aliphatic carbocycles. The second-order valence-corrected chi connectivity index (χ2v) is 5.18. The van der Waals surface area contributed by atoms with E-state index in [4.69, 9.17) is 0 Å². The van der Waals surface area contributed by atoms with Crippen LogP contribution in [0, 0.1) is 16.0 Å². The van der Waals surface area contributed by atoms with Crippen LogP contribution in [0.15, 0.2) is 6.33 Å². The van der Waals surface area contributed by atoms with Crippen molar-refractivity contribution in [2.24, 2.45) is 5.92 Å². The second kappa shape index (κ2) is 6.99. The molecule has 0 aliphatic heterocycles. The number of hydrogen-bond acceptors (Lipinski definition) is 7. The van der Waals surface area contributed by atoms with E-state index >= 15 is 0 Å². The molecule has 0 amide bonds. The third kappa shape index (κ3) is 4.02. The molecule has 2 N–H and O–H groups in total. The lowest BCUT2D eigenvalue weighted by atomic mass is 10.0. The Balaban J connectivity index is 3.09. The summed E-state index contributed by atoms with van der Waals surface area (Å²) in [6.07, 6.45) is 1.31. The zero-order chi connectivity index (χ0) is 15.3. The van der Waals surface area contributed by atoms with E-state index in [2.05, 4.69) is 34.4 Å². The van der Waals surface area contributed by atoms with Gasteiger partial charge in [0.05, 0.1) is 4.92 Å². The van der Waals surface area contributed by atoms with Gasteiger partial charge >= 0.3 is 5.69 Å². The third-order valence-electron chi connectivity index (χ3n) is 2.93. The van der Waals surface area contributed by atoms with E-state index in [0.29, 0.717) is 5.92 Å². The SMILES string of the molecule is CNc1ncnc(NC(CN(C)C)C(C)C)c1[N+](=O)[O-]. The molecular weight excluding hydrogens is 260 g/mol. The van der Waals surface area contributed by atoms with Crippen LogP contribution in [-0.4, -0.2) is 53.5 Å². The first-order chi connectivity index (χ1) is 9.36. The maximum absolute atomic E-state index is 11.2. The molecular formula is C12H22N6O2. The van der Waals surface area contributed by atoms with Crippen LogP contribution in [0.3, 0.4) is 0 Å². The summed E-state index contributed by atoms with van der Waals surface area (Å²) in [5.74, 6) is 0.764. The highest BCUT2D eigenvalue weighted by atomic mass is 16.6. The fourth-order valence-corrected chi connectivity index (χ4v) is 1.83. The van der Waals surface area contributed by atoms with E-state index in [0.717, 1.165) is 6.54 Å². The van der Waals surface area contributed by atoms with Gasteiger partial charge in [-0.1, -0.05) is 13.8 Å². The van der Waals surface area contributed by atoms with Crippen LogP contribution >= 0.6 is 0 Å². The van der Waals surface area contributed by atoms with E-state index in [1.54, 1.807) is 7.05 Å². The highest BCUT2D eigenvalue weighted by Crippen LogP contribution is 2.29. The molecule has 0 aliphatic rings. The lowest BCUT2D eigenvalue weighted by Gasteiger charge is -2.26. The minimum Gasteiger partial charge on any atom is -0.367 e. The van der Waals surface area contributed by atoms with Gasteiger partial charge in [0.1, 0.15) is 6.33 Å². The lowest BCUT2D eigenvalue weighted by Crippen LogP contribution is -2.37. The second-order valence-electron chi connectivity index (χ2n) is 5.18. The summed E-state index contributed by atoms with van der Waals surface area (Å²) < 4.78 is 0. The van der Waals surface area contributed by atoms with Gasteiger partial charge in [0.25, 0.3) is 0 Å². The van der Waals surface area contributed by atoms with Crippen LogP contribution in [0.5, 0.6) is 0 Å². The number of anilines is 2. The monoisotopic (exact) mass is 282 g/mol. The molecule has 8 heteroatoms. The van der Waals surface area contributed by atoms with Gasteiger partial charge in [0, 0.05) is 19.6 Å². The van der Waals surface area contributed by atoms with Crippen LogP contribution in [0.25, 0.3) is 0 Å². The molecule has 112 valence electrons. The Labute approximate surface area is 118 Å². The van der Waals surface area contributed by atoms with Crippen molar-refractivity contribution in [2.75, 3.05) is 38.3 Å². The van der Waals surface area contributed by atoms with Crippen LogP contribution in [-0.2, 0) is 0 Å². The topological polar surface area (TPSA) is 96.2 Å². The van der Waals surface area contributed by atoms with Crippen LogP contribution in [0.4, 0.5) is 17.3 Å². The minimum absolute atomic E-state index is 0.0586. The van der Waals surface area contributed by atoms with Gasteiger partial charge in [0.15, 0.2) is 0 Å². The summed E-state index contributed by atoms with van der Waals surface area (Å²) in [6.45, 7) is 4.88. The van der Waals surface area contributed by atoms with Gasteiger partial charge in [-0.2, -0.15) is 0 Å². The normalized spacial score (nSPS) is 12.6. The summed E-state index contributed by atoms with van der Waals surface area (Å²) in [6, 6.07) is 0.0586. The molecule has 0 saturated carbocycles. The first-order valence-electron chi connectivity index (χ1n) is 6.45. The fraction of sp³-hybridized carbons (Fsp3) is 0.667. The molecule has 1 rings (SSSR count). The Kier molecular flexibility index (Phi) is 5.63. The zero-order valence-corrected chi connectivity index (χ0v) is 12.5. The van der Waals surface area contributed by atoms with E-state index < -0.39 is 4.92 Å². The van der Waals surface area contributed by atoms with Crippen molar-refractivity contribution in [3.05, 3.63) is 16.4 Å². The van der Waals surface area contributed by atoms with Crippen molar-refractivity contribution in [1.82, 2.24) is 14.9 Å². The minimum atomic E-state index is -0.471. The predicted octanol–water partition coefficient (Wildman–Crippen LogP) is 1.42. The van der Waals surface area contributed by atoms with Crippen molar-refractivity contribution >= 4 is 17.3 Å². The third-order valence-corrected chi connectivity index (χ3v) is 2.93. The molecule has 20 heavy (non-hydrogen) atoms. The fourth-order valence-electron chi connectivity index (χ4n) is 1.83. The molecule has 1 unspecified atom stereocenters. The van der Waals surface area contributed by atoms with Crippen molar-refractivity contribution in [1.29, 1.82) is 0 Å². The molecule has 8 nitrogen and oxygen atoms in total. The molecule has 0 radical (unpaired) electrons. The van der Waals surface area contributed by atoms with Gasteiger partial charge in [-0.25, -0.2) is 9.97 Å². The molecule has 0 aromatic carbocycles. The number of aromatic nitrogens is 2. The van der Waals surface area contributed by atoms with Crippen molar-refractivity contribution in [2.45, 2.75) is 19.9 Å². The smallest absolute Gasteiger partial charge is 0.353 e. The summed E-state index contributed by atoms with van der Waals surface area (Å²) >= 11 is 0. The number of nitro groups is 1. The maximum Gasteiger partial charge on any atom is 0.353 e. The number of rotatable bonds is 7. The molecule has 0 fully saturated rings. The van der Waals surface area contributed by atoms with Gasteiger partial charge in [-0.15, -0.1) is 0 Å². The molecule has 1 atom stereocenters. The summed E-state index contributed by atoms with van der Waals surface area (Å²) in [5.41, 5.74) is -0.126. The van der Waals surface area contributed by atoms with E-state index in [1.807, 2.05) is 19.0 Å². The number of nitrogens with zero attached hydrogens (tertiary/aromatic N) is 4. The summed E-state index contributed by atoms with van der Waals surface area (Å²) in [5, 5.41) is 17.1. The molecule has 0 spiro atoms. The Hall–Kier alpha value is -1.96. The van der Waals surface area contributed by atoms with Gasteiger partial charge in [-0.3, -0.25) is 10.1 Å². The highest BCUT2D eigenvalue weighted by Gasteiger charge is 2.25. The van der Waals surface area contributed by atoms with Gasteiger partial charge < -0.3 is 15.5 Å². The Morgan fingerprint density at radius 2 is 1.95 bits per heavy atom. The quantitative estimate of drug-likeness (QED) is 0.576. The summed E-state index contributed by atoms with van der Waals surface area (Å²) in [7, 11) is 5.52. The van der Waals surface area contributed by atoms with Crippen LogP contribution in [0.1, 0.15) is 13.8 Å². The summed E-state index contributed by atoms with van der Waals surface area (Å²) in [4.78, 5) is 20.7. The maximum atomic E-state index is 11.2. The van der Waals surface area contributed by atoms with Gasteiger partial charge in [0.2, 0.25) is 11.6 Å². The van der Waals surface area contributed by atoms with Crippen molar-refractivity contribution in [3.63, 3.8) is 0 Å². The van der Waals surface area contributed by atoms with E-state index in [1.165, 1.54) is 6.33 Å². The molecule has 0 bridgehead atoms. The lowest BCUT2D eigenvalue weighted by molar-refractivity contribution is -0.383. The highest BCUT2D eigenvalue weighted by molar-refractivity contribution is 5.69. The molecule has 1 heterocycles. The largest absolute Gasteiger partial charge is 0.367 e. The average molecular weight is 282 g/mol. The molecule has 0 saturated heterocycles. The first kappa shape index (κ1) is 16.1. The van der Waals surface area contributed by atoms with E-state index in [9.17, 15) is 10.1 Å². The molecule has 1 aromatic heterocycles. The predicted molar refractivity (Wildman–Crippen MR) is 79.0 cm³/mol. The Morgan fingerprint density at radius 3 is 2.40 bits per heavy atom. The average Bonchev–Trinajstić information content (AvgIpc) is 2.36. The standard InChI is InChI=1S/C12H22N6O2/c1-8(2)9(6-17(4)5)16-12-10(18(19)20)11(13-3)14-7-15-12/h7-9H,6H2,1-5H3,(H2,13,14,15,16). The molecule has 1 aromatic rings. The van der Waals surface area contributed by atoms with Crippen LogP contribution < -0.4 is 10.6 Å². The van der Waals surface area contributed by atoms with Crippen LogP contribution in [0.2, 0.25) is 0 Å². The van der Waals surface area contributed by atoms with E-state index in [-0.39, 0.29) is 23.4 Å². The number of nitrogens with one attached hydrogen (secondary N) is 2. The number of hydrogen-bond donors (Lipinski definition) is 2.